The predicted octanol–water partition coefficient (Wildman–Crippen LogP) is 1.56. The highest BCUT2D eigenvalue weighted by atomic mass is 35.5. The quantitative estimate of drug-likeness (QED) is 0.793. The van der Waals surface area contributed by atoms with Crippen LogP contribution in [0.1, 0.15) is 10.4 Å². The molecule has 3 N–H and O–H groups in total. The van der Waals surface area contributed by atoms with Gasteiger partial charge in [-0.25, -0.2) is 22.9 Å². The minimum absolute atomic E-state index is 0.0541. The van der Waals surface area contributed by atoms with Gasteiger partial charge in [-0.15, -0.1) is 0 Å². The Morgan fingerprint density at radius 2 is 2.16 bits per heavy atom. The highest BCUT2D eigenvalue weighted by molar-refractivity contribution is 7.92. The van der Waals surface area contributed by atoms with Crippen LogP contribution < -0.4 is 4.72 Å². The number of carboxylic acids is 1. The molecule has 0 spiro atoms. The second-order valence-corrected chi connectivity index (χ2v) is 5.58. The van der Waals surface area contributed by atoms with E-state index in [-0.39, 0.29) is 21.4 Å². The number of benzene rings is 1. The molecular formula is C10H8ClN3O4S. The number of carboxylic acid groups (broad SMARTS) is 1. The molecule has 0 saturated heterocycles. The summed E-state index contributed by atoms with van der Waals surface area (Å²) in [5.74, 6) is -1.17. The van der Waals surface area contributed by atoms with Crippen molar-refractivity contribution >= 4 is 33.5 Å². The fourth-order valence-electron chi connectivity index (χ4n) is 1.34. The lowest BCUT2D eigenvalue weighted by Crippen LogP contribution is -2.14. The van der Waals surface area contributed by atoms with E-state index in [1.54, 1.807) is 0 Å². The number of carbonyl (C=O) groups is 1. The van der Waals surface area contributed by atoms with Crippen LogP contribution >= 0.6 is 11.6 Å². The van der Waals surface area contributed by atoms with E-state index >= 15 is 0 Å². The summed E-state index contributed by atoms with van der Waals surface area (Å²) in [5, 5.41) is 8.64. The standard InChI is InChI=1S/C10H8ClN3O4S/c11-8-5-6(1-2-7(8)9(15)16)19(17,18)14-10-12-3-4-13-10/h1-5H,(H,15,16)(H2,12,13,14). The Labute approximate surface area is 113 Å². The van der Waals surface area contributed by atoms with E-state index in [0.29, 0.717) is 0 Å². The van der Waals surface area contributed by atoms with Gasteiger partial charge in [0.15, 0.2) is 0 Å². The average Bonchev–Trinajstić information content (AvgIpc) is 2.80. The zero-order valence-electron chi connectivity index (χ0n) is 9.29. The Morgan fingerprint density at radius 3 is 2.68 bits per heavy atom. The maximum atomic E-state index is 12.0. The van der Waals surface area contributed by atoms with Crippen LogP contribution in [-0.4, -0.2) is 29.5 Å². The number of anilines is 1. The molecular weight excluding hydrogens is 294 g/mol. The Bertz CT molecular complexity index is 712. The Balaban J connectivity index is 2.36. The fraction of sp³-hybridized carbons (Fsp3) is 0. The molecule has 100 valence electrons. The number of hydrogen-bond donors (Lipinski definition) is 3. The minimum atomic E-state index is -3.87. The van der Waals surface area contributed by atoms with Crippen molar-refractivity contribution in [1.29, 1.82) is 0 Å². The maximum absolute atomic E-state index is 12.0. The van der Waals surface area contributed by atoms with Gasteiger partial charge in [-0.2, -0.15) is 0 Å². The molecule has 0 fully saturated rings. The van der Waals surface area contributed by atoms with Crippen molar-refractivity contribution < 1.29 is 18.3 Å². The molecule has 19 heavy (non-hydrogen) atoms. The molecule has 7 nitrogen and oxygen atoms in total. The number of nitrogens with one attached hydrogen (secondary N) is 2. The smallest absolute Gasteiger partial charge is 0.337 e. The number of halogens is 1. The number of H-pyrrole nitrogens is 1. The Kier molecular flexibility index (Phi) is 3.45. The van der Waals surface area contributed by atoms with Gasteiger partial charge in [0.2, 0.25) is 5.95 Å². The third-order valence-corrected chi connectivity index (χ3v) is 3.86. The first-order valence-electron chi connectivity index (χ1n) is 4.95. The van der Waals surface area contributed by atoms with Crippen molar-refractivity contribution in [2.24, 2.45) is 0 Å². The van der Waals surface area contributed by atoms with Crippen LogP contribution in [0.2, 0.25) is 5.02 Å². The number of sulfonamides is 1. The van der Waals surface area contributed by atoms with Crippen molar-refractivity contribution in [1.82, 2.24) is 9.97 Å². The van der Waals surface area contributed by atoms with Crippen LogP contribution in [-0.2, 0) is 10.0 Å². The Hall–Kier alpha value is -2.06. The van der Waals surface area contributed by atoms with Crippen LogP contribution in [0.5, 0.6) is 0 Å². The second kappa shape index (κ2) is 4.90. The molecule has 1 heterocycles. The summed E-state index contributed by atoms with van der Waals surface area (Å²) in [4.78, 5) is 16.9. The number of rotatable bonds is 4. The van der Waals surface area contributed by atoms with Crippen molar-refractivity contribution in [3.05, 3.63) is 41.2 Å². The van der Waals surface area contributed by atoms with E-state index in [1.165, 1.54) is 12.4 Å². The number of hydrogen-bond acceptors (Lipinski definition) is 4. The monoisotopic (exact) mass is 301 g/mol. The third kappa shape index (κ3) is 2.85. The second-order valence-electron chi connectivity index (χ2n) is 3.49. The molecule has 0 unspecified atom stereocenters. The molecule has 1 aromatic carbocycles. The maximum Gasteiger partial charge on any atom is 0.337 e. The van der Waals surface area contributed by atoms with E-state index in [9.17, 15) is 13.2 Å². The highest BCUT2D eigenvalue weighted by Crippen LogP contribution is 2.22. The predicted molar refractivity (Wildman–Crippen MR) is 67.8 cm³/mol. The average molecular weight is 302 g/mol. The van der Waals surface area contributed by atoms with Gasteiger partial charge < -0.3 is 10.1 Å². The van der Waals surface area contributed by atoms with Gasteiger partial charge in [-0.3, -0.25) is 0 Å². The number of imidazole rings is 1. The van der Waals surface area contributed by atoms with Gasteiger partial charge in [0.05, 0.1) is 15.5 Å². The highest BCUT2D eigenvalue weighted by Gasteiger charge is 2.18. The summed E-state index contributed by atoms with van der Waals surface area (Å²) in [7, 11) is -3.87. The summed E-state index contributed by atoms with van der Waals surface area (Å²) in [6, 6.07) is 3.35. The summed E-state index contributed by atoms with van der Waals surface area (Å²) in [5.41, 5.74) is -0.168. The van der Waals surface area contributed by atoms with Crippen molar-refractivity contribution in [2.45, 2.75) is 4.90 Å². The molecule has 2 rings (SSSR count). The first kappa shape index (κ1) is 13.4. The van der Waals surface area contributed by atoms with E-state index in [2.05, 4.69) is 14.7 Å². The first-order chi connectivity index (χ1) is 8.90. The largest absolute Gasteiger partial charge is 0.478 e. The van der Waals surface area contributed by atoms with Crippen molar-refractivity contribution in [3.63, 3.8) is 0 Å². The minimum Gasteiger partial charge on any atom is -0.478 e. The van der Waals surface area contributed by atoms with Gasteiger partial charge >= 0.3 is 5.97 Å². The van der Waals surface area contributed by atoms with Crippen LogP contribution in [0.4, 0.5) is 5.95 Å². The summed E-state index contributed by atoms with van der Waals surface area (Å²) in [6.07, 6.45) is 2.84. The van der Waals surface area contributed by atoms with E-state index < -0.39 is 16.0 Å². The van der Waals surface area contributed by atoms with E-state index in [1.807, 2.05) is 0 Å². The Morgan fingerprint density at radius 1 is 1.42 bits per heavy atom. The molecule has 0 radical (unpaired) electrons. The van der Waals surface area contributed by atoms with Gasteiger partial charge in [0, 0.05) is 12.4 Å². The van der Waals surface area contributed by atoms with Crippen LogP contribution in [0.3, 0.4) is 0 Å². The van der Waals surface area contributed by atoms with Crippen molar-refractivity contribution in [2.75, 3.05) is 4.72 Å². The molecule has 0 aliphatic carbocycles. The third-order valence-electron chi connectivity index (χ3n) is 2.21. The normalized spacial score (nSPS) is 11.2. The molecule has 0 atom stereocenters. The van der Waals surface area contributed by atoms with Crippen LogP contribution in [0, 0.1) is 0 Å². The molecule has 0 aliphatic rings. The zero-order chi connectivity index (χ0) is 14.0. The van der Waals surface area contributed by atoms with Gasteiger partial charge in [0.1, 0.15) is 0 Å². The number of aromatic carboxylic acids is 1. The molecule has 0 saturated carbocycles. The lowest BCUT2D eigenvalue weighted by atomic mass is 10.2. The molecule has 0 bridgehead atoms. The lowest BCUT2D eigenvalue weighted by Gasteiger charge is -2.06. The topological polar surface area (TPSA) is 112 Å². The molecule has 0 amide bonds. The fourth-order valence-corrected chi connectivity index (χ4v) is 2.67. The molecule has 9 heteroatoms. The number of aromatic nitrogens is 2. The molecule has 1 aromatic heterocycles. The van der Waals surface area contributed by atoms with Crippen molar-refractivity contribution in [3.8, 4) is 0 Å². The number of aromatic amines is 1. The summed E-state index contributed by atoms with van der Waals surface area (Å²) in [6.45, 7) is 0. The van der Waals surface area contributed by atoms with Gasteiger partial charge in [-0.1, -0.05) is 11.6 Å². The van der Waals surface area contributed by atoms with E-state index in [4.69, 9.17) is 16.7 Å². The lowest BCUT2D eigenvalue weighted by molar-refractivity contribution is 0.0697. The zero-order valence-corrected chi connectivity index (χ0v) is 10.9. The first-order valence-corrected chi connectivity index (χ1v) is 6.81. The summed E-state index contributed by atoms with van der Waals surface area (Å²) >= 11 is 5.72. The summed E-state index contributed by atoms with van der Waals surface area (Å²) < 4.78 is 26.1. The van der Waals surface area contributed by atoms with Crippen LogP contribution in [0.15, 0.2) is 35.5 Å². The SMILES string of the molecule is O=C(O)c1ccc(S(=O)(=O)Nc2ncc[nH]2)cc1Cl. The number of nitrogens with zero attached hydrogens (tertiary/aromatic N) is 1. The van der Waals surface area contributed by atoms with E-state index in [0.717, 1.165) is 18.2 Å². The molecule has 2 aromatic rings. The molecule has 0 aliphatic heterocycles. The van der Waals surface area contributed by atoms with Gasteiger partial charge in [0.25, 0.3) is 10.0 Å². The van der Waals surface area contributed by atoms with Gasteiger partial charge in [-0.05, 0) is 18.2 Å². The van der Waals surface area contributed by atoms with Crippen LogP contribution in [0.25, 0.3) is 0 Å².